The van der Waals surface area contributed by atoms with Crippen LogP contribution in [0.15, 0.2) is 59.5 Å². The Morgan fingerprint density at radius 2 is 1.50 bits per heavy atom. The number of anilines is 2. The van der Waals surface area contributed by atoms with Crippen LogP contribution in [-0.2, 0) is 10.0 Å². The van der Waals surface area contributed by atoms with Crippen LogP contribution in [0, 0.1) is 17.5 Å². The summed E-state index contributed by atoms with van der Waals surface area (Å²) < 4.78 is 67.9. The second kappa shape index (κ2) is 8.55. The molecule has 0 aliphatic heterocycles. The maximum absolute atomic E-state index is 13.9. The second-order valence-electron chi connectivity index (χ2n) is 5.93. The zero-order valence-corrected chi connectivity index (χ0v) is 17.0. The quantitative estimate of drug-likeness (QED) is 0.481. The summed E-state index contributed by atoms with van der Waals surface area (Å²) in [6, 6.07) is 9.72. The van der Waals surface area contributed by atoms with Crippen LogP contribution in [0.1, 0.15) is 10.4 Å². The topological polar surface area (TPSA) is 75.3 Å². The summed E-state index contributed by atoms with van der Waals surface area (Å²) in [7, 11) is -4.36. The predicted octanol–water partition coefficient (Wildman–Crippen LogP) is 5.46. The number of amides is 1. The molecule has 3 aromatic carbocycles. The average molecular weight is 475 g/mol. The number of hydrogen-bond donors (Lipinski definition) is 2. The maximum Gasteiger partial charge on any atom is 0.264 e. The number of benzene rings is 3. The molecule has 5 nitrogen and oxygen atoms in total. The van der Waals surface area contributed by atoms with E-state index in [0.717, 1.165) is 12.1 Å². The van der Waals surface area contributed by atoms with E-state index >= 15 is 0 Å². The third kappa shape index (κ3) is 4.69. The van der Waals surface area contributed by atoms with Gasteiger partial charge in [0.2, 0.25) is 0 Å². The summed E-state index contributed by atoms with van der Waals surface area (Å²) in [6.45, 7) is 0. The highest BCUT2D eigenvalue weighted by atomic mass is 35.5. The van der Waals surface area contributed by atoms with E-state index in [9.17, 15) is 26.4 Å². The van der Waals surface area contributed by atoms with E-state index in [2.05, 4.69) is 10.0 Å². The molecule has 0 heterocycles. The van der Waals surface area contributed by atoms with Crippen LogP contribution in [0.25, 0.3) is 0 Å². The Morgan fingerprint density at radius 3 is 2.20 bits per heavy atom. The van der Waals surface area contributed by atoms with Gasteiger partial charge in [0.05, 0.1) is 22.0 Å². The average Bonchev–Trinajstić information content (AvgIpc) is 2.67. The molecular weight excluding hydrogens is 464 g/mol. The van der Waals surface area contributed by atoms with Crippen LogP contribution in [0.4, 0.5) is 24.5 Å². The lowest BCUT2D eigenvalue weighted by Crippen LogP contribution is -2.18. The van der Waals surface area contributed by atoms with E-state index in [0.29, 0.717) is 12.1 Å². The van der Waals surface area contributed by atoms with Crippen molar-refractivity contribution in [2.75, 3.05) is 10.0 Å². The number of hydrogen-bond acceptors (Lipinski definition) is 3. The highest BCUT2D eigenvalue weighted by Gasteiger charge is 2.22. The van der Waals surface area contributed by atoms with Crippen molar-refractivity contribution >= 4 is 50.5 Å². The van der Waals surface area contributed by atoms with Gasteiger partial charge in [-0.1, -0.05) is 35.3 Å². The van der Waals surface area contributed by atoms with E-state index in [4.69, 9.17) is 23.2 Å². The van der Waals surface area contributed by atoms with Crippen molar-refractivity contribution in [1.29, 1.82) is 0 Å². The Hall–Kier alpha value is -2.75. The van der Waals surface area contributed by atoms with Gasteiger partial charge in [-0.15, -0.1) is 0 Å². The molecule has 1 amide bonds. The van der Waals surface area contributed by atoms with Crippen molar-refractivity contribution in [3.8, 4) is 0 Å². The van der Waals surface area contributed by atoms with Crippen molar-refractivity contribution in [1.82, 2.24) is 0 Å². The molecular formula is C19H11Cl2F3N2O3S. The third-order valence-corrected chi connectivity index (χ3v) is 5.80. The summed E-state index contributed by atoms with van der Waals surface area (Å²) in [5, 5.41) is 2.10. The molecule has 156 valence electrons. The molecule has 0 aliphatic carbocycles. The van der Waals surface area contributed by atoms with E-state index in [1.54, 1.807) is 0 Å². The third-order valence-electron chi connectivity index (χ3n) is 3.85. The standard InChI is InChI=1S/C19H11Cl2F3N2O3S/c20-10-5-6-16(26-30(28,29)18-4-2-1-3-13(18)22)17(7-10)25-19(27)11-8-14(23)15(24)9-12(11)21/h1-9,26H,(H,25,27). The molecule has 0 aromatic heterocycles. The maximum atomic E-state index is 13.9. The van der Waals surface area contributed by atoms with Gasteiger partial charge in [0, 0.05) is 5.02 Å². The normalized spacial score (nSPS) is 11.2. The minimum absolute atomic E-state index is 0.117. The smallest absolute Gasteiger partial charge is 0.264 e. The number of carbonyl (C=O) groups is 1. The van der Waals surface area contributed by atoms with Gasteiger partial charge in [0.1, 0.15) is 10.7 Å². The predicted molar refractivity (Wildman–Crippen MR) is 108 cm³/mol. The first-order valence-corrected chi connectivity index (χ1v) is 10.3. The van der Waals surface area contributed by atoms with Gasteiger partial charge in [0.25, 0.3) is 15.9 Å². The lowest BCUT2D eigenvalue weighted by atomic mass is 10.2. The first-order valence-electron chi connectivity index (χ1n) is 8.11. The molecule has 11 heteroatoms. The molecule has 0 fully saturated rings. The van der Waals surface area contributed by atoms with E-state index in [-0.39, 0.29) is 21.4 Å². The van der Waals surface area contributed by atoms with Crippen molar-refractivity contribution < 1.29 is 26.4 Å². The van der Waals surface area contributed by atoms with Crippen LogP contribution < -0.4 is 10.0 Å². The Labute approximate surface area is 179 Å². The Balaban J connectivity index is 1.96. The van der Waals surface area contributed by atoms with E-state index in [1.807, 2.05) is 0 Å². The SMILES string of the molecule is O=C(Nc1cc(Cl)ccc1NS(=O)(=O)c1ccccc1F)c1cc(F)c(F)cc1Cl. The first kappa shape index (κ1) is 21.9. The van der Waals surface area contributed by atoms with Crippen molar-refractivity contribution in [3.05, 3.63) is 87.7 Å². The summed E-state index contributed by atoms with van der Waals surface area (Å²) in [4.78, 5) is 11.9. The van der Waals surface area contributed by atoms with Crippen molar-refractivity contribution in [2.24, 2.45) is 0 Å². The van der Waals surface area contributed by atoms with Gasteiger partial charge >= 0.3 is 0 Å². The Kier molecular flexibility index (Phi) is 6.25. The fourth-order valence-electron chi connectivity index (χ4n) is 2.46. The molecule has 3 aromatic rings. The molecule has 0 saturated carbocycles. The molecule has 2 N–H and O–H groups in total. The van der Waals surface area contributed by atoms with E-state index < -0.39 is 43.8 Å². The summed E-state index contributed by atoms with van der Waals surface area (Å²) >= 11 is 11.7. The molecule has 0 aliphatic rings. The highest BCUT2D eigenvalue weighted by molar-refractivity contribution is 7.92. The minimum Gasteiger partial charge on any atom is -0.320 e. The second-order valence-corrected chi connectivity index (χ2v) is 8.42. The van der Waals surface area contributed by atoms with Crippen LogP contribution in [-0.4, -0.2) is 14.3 Å². The van der Waals surface area contributed by atoms with Crippen LogP contribution in [0.5, 0.6) is 0 Å². The first-order chi connectivity index (χ1) is 14.1. The van der Waals surface area contributed by atoms with Gasteiger partial charge < -0.3 is 5.32 Å². The zero-order chi connectivity index (χ0) is 22.1. The molecule has 0 saturated heterocycles. The fraction of sp³-hybridized carbons (Fsp3) is 0. The summed E-state index contributed by atoms with van der Waals surface area (Å²) in [6.07, 6.45) is 0. The molecule has 0 radical (unpaired) electrons. The van der Waals surface area contributed by atoms with Gasteiger partial charge in [0.15, 0.2) is 11.6 Å². The largest absolute Gasteiger partial charge is 0.320 e. The Morgan fingerprint density at radius 1 is 0.833 bits per heavy atom. The van der Waals surface area contributed by atoms with Gasteiger partial charge in [-0.25, -0.2) is 21.6 Å². The molecule has 0 atom stereocenters. The zero-order valence-electron chi connectivity index (χ0n) is 14.7. The minimum atomic E-state index is -4.36. The molecule has 30 heavy (non-hydrogen) atoms. The van der Waals surface area contributed by atoms with Gasteiger partial charge in [-0.2, -0.15) is 0 Å². The van der Waals surface area contributed by atoms with Crippen LogP contribution >= 0.6 is 23.2 Å². The number of halogens is 5. The summed E-state index contributed by atoms with van der Waals surface area (Å²) in [5.41, 5.74) is -0.652. The van der Waals surface area contributed by atoms with Crippen LogP contribution in [0.2, 0.25) is 10.0 Å². The molecule has 0 bridgehead atoms. The fourth-order valence-corrected chi connectivity index (χ4v) is 4.03. The lowest BCUT2D eigenvalue weighted by molar-refractivity contribution is 0.102. The number of carbonyl (C=O) groups excluding carboxylic acids is 1. The Bertz CT molecular complexity index is 1250. The monoisotopic (exact) mass is 474 g/mol. The van der Waals surface area contributed by atoms with E-state index in [1.165, 1.54) is 30.3 Å². The van der Waals surface area contributed by atoms with Crippen molar-refractivity contribution in [2.45, 2.75) is 4.90 Å². The molecule has 0 unspecified atom stereocenters. The highest BCUT2D eigenvalue weighted by Crippen LogP contribution is 2.30. The molecule has 3 rings (SSSR count). The summed E-state index contributed by atoms with van der Waals surface area (Å²) in [5.74, 6) is -4.46. The molecule has 0 spiro atoms. The van der Waals surface area contributed by atoms with Gasteiger partial charge in [-0.3, -0.25) is 9.52 Å². The number of sulfonamides is 1. The van der Waals surface area contributed by atoms with Crippen LogP contribution in [0.3, 0.4) is 0 Å². The number of nitrogens with one attached hydrogen (secondary N) is 2. The van der Waals surface area contributed by atoms with Gasteiger partial charge in [-0.05, 0) is 42.5 Å². The lowest BCUT2D eigenvalue weighted by Gasteiger charge is -2.15. The number of rotatable bonds is 5. The van der Waals surface area contributed by atoms with Crippen molar-refractivity contribution in [3.63, 3.8) is 0 Å².